The highest BCUT2D eigenvalue weighted by molar-refractivity contribution is 14.1. The third-order valence-electron chi connectivity index (χ3n) is 5.98. The highest BCUT2D eigenvalue weighted by Gasteiger charge is 2.37. The van der Waals surface area contributed by atoms with E-state index in [1.165, 1.54) is 12.1 Å². The second-order valence-corrected chi connectivity index (χ2v) is 10.2. The zero-order valence-electron chi connectivity index (χ0n) is 20.9. The molecule has 0 aliphatic carbocycles. The van der Waals surface area contributed by atoms with Crippen LogP contribution in [0.2, 0.25) is 5.02 Å². The fraction of sp³-hybridized carbons (Fsp3) is 0.179. The minimum atomic E-state index is -0.848. The third kappa shape index (κ3) is 5.52. The molecule has 0 bridgehead atoms. The number of carbonyl (C=O) groups excluding carboxylic acids is 3. The number of anilines is 1. The number of nitrogens with zero attached hydrogens (tertiary/aromatic N) is 1. The van der Waals surface area contributed by atoms with Crippen molar-refractivity contribution in [2.24, 2.45) is 0 Å². The first-order valence-corrected chi connectivity index (χ1v) is 13.4. The maximum Gasteiger partial charge on any atom is 0.335 e. The minimum Gasteiger partial charge on any atom is -0.490 e. The zero-order valence-corrected chi connectivity index (χ0v) is 23.8. The number of aryl methyl sites for hydroxylation is 1. The molecule has 1 N–H and O–H groups in total. The van der Waals surface area contributed by atoms with Gasteiger partial charge in [-0.15, -0.1) is 0 Å². The lowest BCUT2D eigenvalue weighted by Crippen LogP contribution is -2.54. The van der Waals surface area contributed by atoms with Crippen molar-refractivity contribution in [2.45, 2.75) is 20.5 Å². The maximum atomic E-state index is 13.3. The quantitative estimate of drug-likeness (QED) is 0.199. The lowest BCUT2D eigenvalue weighted by molar-refractivity contribution is -0.122. The lowest BCUT2D eigenvalue weighted by atomic mass is 10.1. The third-order valence-corrected chi connectivity index (χ3v) is 7.19. The summed E-state index contributed by atoms with van der Waals surface area (Å²) >= 11 is 8.31. The van der Waals surface area contributed by atoms with Gasteiger partial charge in [-0.1, -0.05) is 23.7 Å². The Hall–Kier alpha value is -3.77. The van der Waals surface area contributed by atoms with Crippen LogP contribution in [0, 0.1) is 10.5 Å². The van der Waals surface area contributed by atoms with Crippen LogP contribution in [-0.2, 0) is 16.2 Å². The molecule has 4 amide bonds. The topological polar surface area (TPSA) is 103 Å². The summed E-state index contributed by atoms with van der Waals surface area (Å²) in [6, 6.07) is 13.0. The number of fused-ring (bicyclic) bond motifs is 1. The molecule has 0 saturated carbocycles. The van der Waals surface area contributed by atoms with Crippen molar-refractivity contribution < 1.29 is 33.3 Å². The molecule has 1 fully saturated rings. The van der Waals surface area contributed by atoms with Gasteiger partial charge in [0.05, 0.1) is 15.9 Å². The summed E-state index contributed by atoms with van der Waals surface area (Å²) in [4.78, 5) is 39.4. The summed E-state index contributed by atoms with van der Waals surface area (Å²) in [7, 11) is 0. The molecule has 1 saturated heterocycles. The monoisotopic (exact) mass is 660 g/mol. The molecule has 11 heteroatoms. The molecule has 3 aromatic carbocycles. The molecule has 0 unspecified atom stereocenters. The van der Waals surface area contributed by atoms with E-state index in [2.05, 4.69) is 27.9 Å². The molecule has 5 rings (SSSR count). The second kappa shape index (κ2) is 11.1. The normalized spacial score (nSPS) is 15.5. The predicted molar refractivity (Wildman–Crippen MR) is 152 cm³/mol. The summed E-state index contributed by atoms with van der Waals surface area (Å²) < 4.78 is 23.4. The number of amides is 4. The SMILES string of the molecule is CCOc1cc(/C=C2/C(=O)NC(=O)N(c3ccc(C)c(Cl)c3)C2=O)cc(I)c1OCc1ccc2c(c1)OCO2. The molecular formula is C28H22ClIN2O7. The smallest absolute Gasteiger partial charge is 0.335 e. The highest BCUT2D eigenvalue weighted by atomic mass is 127. The molecule has 3 aromatic rings. The Balaban J connectivity index is 1.43. The van der Waals surface area contributed by atoms with Gasteiger partial charge in [0.15, 0.2) is 23.0 Å². The Bertz CT molecular complexity index is 1540. The van der Waals surface area contributed by atoms with Crippen LogP contribution in [0.4, 0.5) is 10.5 Å². The first-order valence-electron chi connectivity index (χ1n) is 11.9. The molecule has 2 aliphatic heterocycles. The molecule has 0 atom stereocenters. The van der Waals surface area contributed by atoms with Crippen LogP contribution < -0.4 is 29.2 Å². The fourth-order valence-electron chi connectivity index (χ4n) is 4.04. The number of carbonyl (C=O) groups is 3. The summed E-state index contributed by atoms with van der Waals surface area (Å²) in [6.45, 7) is 4.46. The van der Waals surface area contributed by atoms with Gasteiger partial charge in [0, 0.05) is 5.02 Å². The summed E-state index contributed by atoms with van der Waals surface area (Å²) in [6.07, 6.45) is 1.42. The van der Waals surface area contributed by atoms with E-state index in [1.54, 1.807) is 31.2 Å². The van der Waals surface area contributed by atoms with Crippen molar-refractivity contribution in [3.8, 4) is 23.0 Å². The standard InChI is InChI=1S/C28H22ClIN2O7/c1-3-36-24-11-17(9-21(30)25(24)37-13-16-5-7-22-23(10-16)39-14-38-22)8-19-26(33)31-28(35)32(27(19)34)18-6-4-15(2)20(29)12-18/h4-12H,3,13-14H2,1-2H3,(H,31,33,35)/b19-8-. The fourth-order valence-corrected chi connectivity index (χ4v) is 5.00. The molecule has 9 nitrogen and oxygen atoms in total. The Morgan fingerprint density at radius 1 is 1.05 bits per heavy atom. The predicted octanol–water partition coefficient (Wildman–Crippen LogP) is 5.63. The van der Waals surface area contributed by atoms with E-state index in [-0.39, 0.29) is 24.7 Å². The first-order chi connectivity index (χ1) is 18.7. The van der Waals surface area contributed by atoms with Gasteiger partial charge >= 0.3 is 6.03 Å². The van der Waals surface area contributed by atoms with Crippen molar-refractivity contribution in [3.63, 3.8) is 0 Å². The van der Waals surface area contributed by atoms with Crippen molar-refractivity contribution in [2.75, 3.05) is 18.3 Å². The molecule has 0 spiro atoms. The largest absolute Gasteiger partial charge is 0.490 e. The van der Waals surface area contributed by atoms with Crippen LogP contribution in [0.3, 0.4) is 0 Å². The second-order valence-electron chi connectivity index (χ2n) is 8.63. The van der Waals surface area contributed by atoms with Gasteiger partial charge < -0.3 is 18.9 Å². The maximum absolute atomic E-state index is 13.3. The molecular weight excluding hydrogens is 639 g/mol. The van der Waals surface area contributed by atoms with Crippen molar-refractivity contribution >= 4 is 63.8 Å². The minimum absolute atomic E-state index is 0.189. The van der Waals surface area contributed by atoms with E-state index >= 15 is 0 Å². The molecule has 39 heavy (non-hydrogen) atoms. The van der Waals surface area contributed by atoms with Crippen molar-refractivity contribution in [1.82, 2.24) is 5.32 Å². The number of nitrogens with one attached hydrogen (secondary N) is 1. The van der Waals surface area contributed by atoms with Crippen molar-refractivity contribution in [1.29, 1.82) is 0 Å². The molecule has 0 radical (unpaired) electrons. The molecule has 2 heterocycles. The van der Waals surface area contributed by atoms with Gasteiger partial charge in [0.25, 0.3) is 11.8 Å². The highest BCUT2D eigenvalue weighted by Crippen LogP contribution is 2.37. The van der Waals surface area contributed by atoms with Crippen LogP contribution in [0.25, 0.3) is 6.08 Å². The molecule has 2 aliphatic rings. The molecule has 200 valence electrons. The van der Waals surface area contributed by atoms with Gasteiger partial charge in [-0.05, 0) is 95.6 Å². The van der Waals surface area contributed by atoms with Crippen LogP contribution in [0.1, 0.15) is 23.6 Å². The van der Waals surface area contributed by atoms with Crippen LogP contribution in [-0.4, -0.2) is 31.2 Å². The Labute approximate surface area is 242 Å². The Morgan fingerprint density at radius 3 is 2.62 bits per heavy atom. The number of imide groups is 2. The van der Waals surface area contributed by atoms with E-state index in [0.29, 0.717) is 43.8 Å². The summed E-state index contributed by atoms with van der Waals surface area (Å²) in [5.74, 6) is 0.749. The number of hydrogen-bond donors (Lipinski definition) is 1. The van der Waals surface area contributed by atoms with Gasteiger partial charge in [-0.3, -0.25) is 14.9 Å². The Kier molecular flexibility index (Phi) is 7.67. The first kappa shape index (κ1) is 26.8. The number of urea groups is 1. The lowest BCUT2D eigenvalue weighted by Gasteiger charge is -2.26. The van der Waals surface area contributed by atoms with Gasteiger partial charge in [-0.25, -0.2) is 9.69 Å². The van der Waals surface area contributed by atoms with E-state index in [0.717, 1.165) is 16.0 Å². The van der Waals surface area contributed by atoms with Crippen LogP contribution >= 0.6 is 34.2 Å². The number of rotatable bonds is 7. The average Bonchev–Trinajstić information content (AvgIpc) is 3.36. The van der Waals surface area contributed by atoms with Gasteiger partial charge in [0.1, 0.15) is 12.2 Å². The van der Waals surface area contributed by atoms with Crippen LogP contribution in [0.5, 0.6) is 23.0 Å². The average molecular weight is 661 g/mol. The summed E-state index contributed by atoms with van der Waals surface area (Å²) in [5.41, 5.74) is 2.24. The molecule has 0 aromatic heterocycles. The van der Waals surface area contributed by atoms with Gasteiger partial charge in [0.2, 0.25) is 6.79 Å². The Morgan fingerprint density at radius 2 is 1.85 bits per heavy atom. The number of barbiturate groups is 1. The van der Waals surface area contributed by atoms with Crippen molar-refractivity contribution in [3.05, 3.63) is 79.4 Å². The van der Waals surface area contributed by atoms with Crippen LogP contribution in [0.15, 0.2) is 54.1 Å². The number of benzene rings is 3. The number of halogens is 2. The van der Waals surface area contributed by atoms with E-state index in [1.807, 2.05) is 25.1 Å². The van der Waals surface area contributed by atoms with E-state index < -0.39 is 17.8 Å². The van der Waals surface area contributed by atoms with E-state index in [9.17, 15) is 14.4 Å². The van der Waals surface area contributed by atoms with E-state index in [4.69, 9.17) is 30.5 Å². The van der Waals surface area contributed by atoms with Gasteiger partial charge in [-0.2, -0.15) is 0 Å². The zero-order chi connectivity index (χ0) is 27.7. The summed E-state index contributed by atoms with van der Waals surface area (Å²) in [5, 5.41) is 2.61. The number of ether oxygens (including phenoxy) is 4. The number of hydrogen-bond acceptors (Lipinski definition) is 7.